The van der Waals surface area contributed by atoms with Crippen molar-refractivity contribution < 1.29 is 9.47 Å². The molecule has 0 bridgehead atoms. The van der Waals surface area contributed by atoms with E-state index in [4.69, 9.17) is 32.7 Å². The third-order valence-corrected chi connectivity index (χ3v) is 2.47. The predicted octanol–water partition coefficient (Wildman–Crippen LogP) is 2.68. The van der Waals surface area contributed by atoms with Crippen LogP contribution in [-0.4, -0.2) is 18.2 Å². The third-order valence-electron chi connectivity index (χ3n) is 2.25. The van der Waals surface area contributed by atoms with Crippen molar-refractivity contribution in [3.63, 3.8) is 0 Å². The topological polar surface area (TPSA) is 68.3 Å². The van der Waals surface area contributed by atoms with Crippen LogP contribution in [0.2, 0.25) is 0 Å². The molecular formula is C14H16N2O2S. The van der Waals surface area contributed by atoms with Crippen LogP contribution in [0.15, 0.2) is 23.8 Å². The Kier molecular flexibility index (Phi) is 5.34. The van der Waals surface area contributed by atoms with Crippen molar-refractivity contribution in [2.75, 3.05) is 7.11 Å². The summed E-state index contributed by atoms with van der Waals surface area (Å²) in [6.45, 7) is 3.88. The molecule has 2 N–H and O–H groups in total. The van der Waals surface area contributed by atoms with Gasteiger partial charge in [-0.1, -0.05) is 18.3 Å². The molecule has 100 valence electrons. The summed E-state index contributed by atoms with van der Waals surface area (Å²) in [6.07, 6.45) is 1.67. The van der Waals surface area contributed by atoms with Crippen LogP contribution in [-0.2, 0) is 0 Å². The van der Waals surface area contributed by atoms with E-state index >= 15 is 0 Å². The quantitative estimate of drug-likeness (QED) is 0.509. The summed E-state index contributed by atoms with van der Waals surface area (Å²) >= 11 is 4.79. The minimum atomic E-state index is 0.0570. The van der Waals surface area contributed by atoms with Crippen LogP contribution in [0.25, 0.3) is 6.08 Å². The van der Waals surface area contributed by atoms with Gasteiger partial charge >= 0.3 is 0 Å². The molecule has 4 nitrogen and oxygen atoms in total. The minimum absolute atomic E-state index is 0.0570. The fraction of sp³-hybridized carbons (Fsp3) is 0.286. The summed E-state index contributed by atoms with van der Waals surface area (Å²) in [5.74, 6) is 1.26. The lowest BCUT2D eigenvalue weighted by atomic mass is 10.1. The van der Waals surface area contributed by atoms with Crippen molar-refractivity contribution in [3.05, 3.63) is 29.3 Å². The summed E-state index contributed by atoms with van der Waals surface area (Å²) in [5, 5.41) is 8.92. The standard InChI is InChI=1S/C14H16N2O2S/c1-9(2)18-12-5-4-10(7-13(12)17-3)6-11(8-15)14(16)19/h4-7,9H,1-3H3,(H2,16,19). The third kappa shape index (κ3) is 4.27. The van der Waals surface area contributed by atoms with Crippen molar-refractivity contribution in [2.45, 2.75) is 20.0 Å². The van der Waals surface area contributed by atoms with Crippen molar-refractivity contribution in [2.24, 2.45) is 5.73 Å². The van der Waals surface area contributed by atoms with Crippen molar-refractivity contribution >= 4 is 23.3 Å². The molecule has 0 unspecified atom stereocenters. The SMILES string of the molecule is COc1cc(C=C(C#N)C(N)=S)ccc1OC(C)C. The fourth-order valence-electron chi connectivity index (χ4n) is 1.45. The maximum Gasteiger partial charge on any atom is 0.161 e. The molecule has 1 aromatic carbocycles. The molecule has 0 radical (unpaired) electrons. The zero-order chi connectivity index (χ0) is 14.4. The van der Waals surface area contributed by atoms with Crippen molar-refractivity contribution in [3.8, 4) is 17.6 Å². The molecule has 0 aliphatic heterocycles. The number of methoxy groups -OCH3 is 1. The molecule has 0 amide bonds. The maximum absolute atomic E-state index is 8.92. The molecule has 19 heavy (non-hydrogen) atoms. The number of ether oxygens (including phenoxy) is 2. The van der Waals surface area contributed by atoms with Gasteiger partial charge in [-0.25, -0.2) is 0 Å². The number of nitrogens with two attached hydrogens (primary N) is 1. The largest absolute Gasteiger partial charge is 0.493 e. The van der Waals surface area contributed by atoms with Gasteiger partial charge in [-0.2, -0.15) is 5.26 Å². The van der Waals surface area contributed by atoms with Crippen LogP contribution in [0.1, 0.15) is 19.4 Å². The lowest BCUT2D eigenvalue weighted by molar-refractivity contribution is 0.230. The van der Waals surface area contributed by atoms with Gasteiger partial charge in [0.25, 0.3) is 0 Å². The normalized spacial score (nSPS) is 11.0. The summed E-state index contributed by atoms with van der Waals surface area (Å²) < 4.78 is 10.9. The molecule has 0 aromatic heterocycles. The first-order valence-corrected chi connectivity index (χ1v) is 6.15. The first-order valence-electron chi connectivity index (χ1n) is 5.74. The maximum atomic E-state index is 8.92. The fourth-order valence-corrected chi connectivity index (χ4v) is 1.55. The van der Waals surface area contributed by atoms with Gasteiger partial charge in [0.15, 0.2) is 11.5 Å². The smallest absolute Gasteiger partial charge is 0.161 e. The second kappa shape index (κ2) is 6.76. The number of hydrogen-bond donors (Lipinski definition) is 1. The second-order valence-corrected chi connectivity index (χ2v) is 4.55. The number of hydrogen-bond acceptors (Lipinski definition) is 4. The highest BCUT2D eigenvalue weighted by Crippen LogP contribution is 2.29. The lowest BCUT2D eigenvalue weighted by Gasteiger charge is -2.13. The van der Waals surface area contributed by atoms with Crippen molar-refractivity contribution in [1.29, 1.82) is 5.26 Å². The Bertz CT molecular complexity index is 545. The highest BCUT2D eigenvalue weighted by Gasteiger charge is 2.07. The van der Waals surface area contributed by atoms with E-state index in [1.165, 1.54) is 0 Å². The van der Waals surface area contributed by atoms with Gasteiger partial charge in [0.2, 0.25) is 0 Å². The van der Waals surface area contributed by atoms with Crippen LogP contribution < -0.4 is 15.2 Å². The molecule has 0 saturated heterocycles. The highest BCUT2D eigenvalue weighted by atomic mass is 32.1. The van der Waals surface area contributed by atoms with Gasteiger partial charge in [-0.3, -0.25) is 0 Å². The van der Waals surface area contributed by atoms with Crippen LogP contribution in [0, 0.1) is 11.3 Å². The Balaban J connectivity index is 3.14. The number of nitriles is 1. The second-order valence-electron chi connectivity index (χ2n) is 4.11. The summed E-state index contributed by atoms with van der Waals surface area (Å²) in [7, 11) is 1.56. The molecule has 1 rings (SSSR count). The first kappa shape index (κ1) is 15.0. The number of thiocarbonyl (C=S) groups is 1. The van der Waals surface area contributed by atoms with Gasteiger partial charge in [-0.15, -0.1) is 0 Å². The predicted molar refractivity (Wildman–Crippen MR) is 79.1 cm³/mol. The zero-order valence-corrected chi connectivity index (χ0v) is 12.0. The van der Waals surface area contributed by atoms with Gasteiger partial charge in [0.1, 0.15) is 11.1 Å². The summed E-state index contributed by atoms with van der Waals surface area (Å²) in [4.78, 5) is 0.0731. The van der Waals surface area contributed by atoms with E-state index in [1.54, 1.807) is 25.3 Å². The van der Waals surface area contributed by atoms with Crippen LogP contribution >= 0.6 is 12.2 Å². The molecular weight excluding hydrogens is 260 g/mol. The molecule has 5 heteroatoms. The number of nitrogens with zero attached hydrogens (tertiary/aromatic N) is 1. The zero-order valence-electron chi connectivity index (χ0n) is 11.1. The Hall–Kier alpha value is -2.06. The summed E-state index contributed by atoms with van der Waals surface area (Å²) in [6, 6.07) is 7.33. The first-order chi connectivity index (χ1) is 8.97. The molecule has 0 spiro atoms. The van der Waals surface area contributed by atoms with Crippen molar-refractivity contribution in [1.82, 2.24) is 0 Å². The number of rotatable bonds is 5. The molecule has 0 aliphatic rings. The van der Waals surface area contributed by atoms with E-state index in [2.05, 4.69) is 0 Å². The minimum Gasteiger partial charge on any atom is -0.493 e. The van der Waals surface area contributed by atoms with Gasteiger partial charge in [-0.05, 0) is 37.6 Å². The van der Waals surface area contributed by atoms with E-state index in [0.717, 1.165) is 5.56 Å². The Morgan fingerprint density at radius 3 is 2.58 bits per heavy atom. The molecule has 0 atom stereocenters. The average Bonchev–Trinajstić information content (AvgIpc) is 2.36. The average molecular weight is 276 g/mol. The van der Waals surface area contributed by atoms with E-state index in [-0.39, 0.29) is 16.7 Å². The van der Waals surface area contributed by atoms with Gasteiger partial charge < -0.3 is 15.2 Å². The van der Waals surface area contributed by atoms with Crippen LogP contribution in [0.4, 0.5) is 0 Å². The lowest BCUT2D eigenvalue weighted by Crippen LogP contribution is -2.09. The van der Waals surface area contributed by atoms with Gasteiger partial charge in [0, 0.05) is 0 Å². The van der Waals surface area contributed by atoms with Gasteiger partial charge in [0.05, 0.1) is 18.8 Å². The molecule has 0 saturated carbocycles. The Morgan fingerprint density at radius 1 is 1.42 bits per heavy atom. The molecule has 1 aromatic rings. The van der Waals surface area contributed by atoms with E-state index in [9.17, 15) is 0 Å². The highest BCUT2D eigenvalue weighted by molar-refractivity contribution is 7.80. The van der Waals surface area contributed by atoms with Crippen LogP contribution in [0.3, 0.4) is 0 Å². The van der Waals surface area contributed by atoms with E-state index < -0.39 is 0 Å². The Labute approximate surface area is 118 Å². The summed E-state index contributed by atoms with van der Waals surface area (Å²) in [5.41, 5.74) is 6.48. The molecule has 0 heterocycles. The van der Waals surface area contributed by atoms with E-state index in [1.807, 2.05) is 26.0 Å². The monoisotopic (exact) mass is 276 g/mol. The van der Waals surface area contributed by atoms with E-state index in [0.29, 0.717) is 11.5 Å². The number of benzene rings is 1. The molecule has 0 fully saturated rings. The Morgan fingerprint density at radius 2 is 2.11 bits per heavy atom. The van der Waals surface area contributed by atoms with Crippen LogP contribution in [0.5, 0.6) is 11.5 Å². The molecule has 0 aliphatic carbocycles.